The predicted molar refractivity (Wildman–Crippen MR) is 116 cm³/mol. The van der Waals surface area contributed by atoms with Gasteiger partial charge in [-0.05, 0) is 61.2 Å². The first-order valence-electron chi connectivity index (χ1n) is 11.7. The summed E-state index contributed by atoms with van der Waals surface area (Å²) in [6.07, 6.45) is 6.13. The molecule has 29 heavy (non-hydrogen) atoms. The summed E-state index contributed by atoms with van der Waals surface area (Å²) in [4.78, 5) is 25.1. The molecule has 0 saturated heterocycles. The average molecular weight is 407 g/mol. The Morgan fingerprint density at radius 1 is 0.828 bits per heavy atom. The molecule has 0 amide bonds. The highest BCUT2D eigenvalue weighted by Gasteiger charge is 2.35. The van der Waals surface area contributed by atoms with Gasteiger partial charge in [0.1, 0.15) is 12.2 Å². The Morgan fingerprint density at radius 2 is 1.28 bits per heavy atom. The van der Waals surface area contributed by atoms with E-state index in [4.69, 9.17) is 9.47 Å². The van der Waals surface area contributed by atoms with Crippen LogP contribution >= 0.6 is 0 Å². The molecule has 2 fully saturated rings. The van der Waals surface area contributed by atoms with Crippen LogP contribution in [-0.2, 0) is 19.1 Å². The molecule has 0 aromatic rings. The van der Waals surface area contributed by atoms with E-state index in [1.54, 1.807) is 0 Å². The summed E-state index contributed by atoms with van der Waals surface area (Å²) < 4.78 is 11.6. The summed E-state index contributed by atoms with van der Waals surface area (Å²) in [6, 6.07) is 0. The van der Waals surface area contributed by atoms with Crippen LogP contribution in [0.1, 0.15) is 86.5 Å². The Kier molecular flexibility index (Phi) is 8.78. The van der Waals surface area contributed by atoms with Gasteiger partial charge < -0.3 is 9.47 Å². The fraction of sp³-hybridized carbons (Fsp3) is 0.840. The van der Waals surface area contributed by atoms with Gasteiger partial charge in [-0.3, -0.25) is 4.79 Å². The van der Waals surface area contributed by atoms with E-state index in [2.05, 4.69) is 48.1 Å². The third-order valence-electron chi connectivity index (χ3n) is 7.11. The number of rotatable bonds is 7. The van der Waals surface area contributed by atoms with Gasteiger partial charge in [0.05, 0.1) is 6.42 Å². The molecule has 0 spiro atoms. The smallest absolute Gasteiger partial charge is 0.334 e. The molecule has 0 N–H and O–H groups in total. The zero-order valence-corrected chi connectivity index (χ0v) is 19.4. The predicted octanol–water partition coefficient (Wildman–Crippen LogP) is 5.94. The van der Waals surface area contributed by atoms with Gasteiger partial charge in [0, 0.05) is 5.57 Å². The summed E-state index contributed by atoms with van der Waals surface area (Å²) in [6.45, 7) is 17.0. The van der Waals surface area contributed by atoms with Crippen molar-refractivity contribution in [2.45, 2.75) is 98.7 Å². The maximum Gasteiger partial charge on any atom is 0.334 e. The lowest BCUT2D eigenvalue weighted by molar-refractivity contribution is -0.158. The van der Waals surface area contributed by atoms with Crippen molar-refractivity contribution < 1.29 is 19.1 Å². The number of hydrogen-bond acceptors (Lipinski definition) is 4. The zero-order chi connectivity index (χ0) is 21.7. The van der Waals surface area contributed by atoms with Crippen molar-refractivity contribution in [3.8, 4) is 0 Å². The van der Waals surface area contributed by atoms with Crippen LogP contribution in [0, 0.1) is 35.5 Å². The maximum absolute atomic E-state index is 12.6. The number of hydrogen-bond donors (Lipinski definition) is 0. The van der Waals surface area contributed by atoms with Gasteiger partial charge in [0.15, 0.2) is 0 Å². The second kappa shape index (κ2) is 10.6. The molecular formula is C25H42O4. The summed E-state index contributed by atoms with van der Waals surface area (Å²) in [5, 5.41) is 0. The summed E-state index contributed by atoms with van der Waals surface area (Å²) in [7, 11) is 0. The first-order valence-corrected chi connectivity index (χ1v) is 11.7. The lowest BCUT2D eigenvalue weighted by Gasteiger charge is -2.37. The van der Waals surface area contributed by atoms with Gasteiger partial charge in [-0.2, -0.15) is 0 Å². The molecule has 0 aromatic carbocycles. The fourth-order valence-corrected chi connectivity index (χ4v) is 5.18. The van der Waals surface area contributed by atoms with Gasteiger partial charge >= 0.3 is 11.9 Å². The van der Waals surface area contributed by atoms with Crippen LogP contribution in [-0.4, -0.2) is 24.1 Å². The molecule has 4 heteroatoms. The van der Waals surface area contributed by atoms with Crippen molar-refractivity contribution in [2.75, 3.05) is 0 Å². The molecule has 0 radical (unpaired) electrons. The number of esters is 2. The van der Waals surface area contributed by atoms with E-state index in [0.29, 0.717) is 35.5 Å². The Morgan fingerprint density at radius 3 is 1.72 bits per heavy atom. The van der Waals surface area contributed by atoms with Gasteiger partial charge in [-0.25, -0.2) is 4.79 Å². The zero-order valence-electron chi connectivity index (χ0n) is 19.4. The SMILES string of the molecule is C=C(CC(=O)OC1CC(C)CCC1C(C)C)C(=O)OC1CC(C)CCC1C(C)C. The lowest BCUT2D eigenvalue weighted by Crippen LogP contribution is -2.37. The van der Waals surface area contributed by atoms with Crippen molar-refractivity contribution in [1.82, 2.24) is 0 Å². The summed E-state index contributed by atoms with van der Waals surface area (Å²) in [5.41, 5.74) is 0.209. The molecule has 6 unspecified atom stereocenters. The minimum Gasteiger partial charge on any atom is -0.462 e. The molecule has 166 valence electrons. The largest absolute Gasteiger partial charge is 0.462 e. The monoisotopic (exact) mass is 406 g/mol. The van der Waals surface area contributed by atoms with Crippen LogP contribution < -0.4 is 0 Å². The Balaban J connectivity index is 1.89. The van der Waals surface area contributed by atoms with Gasteiger partial charge in [-0.15, -0.1) is 0 Å². The van der Waals surface area contributed by atoms with Crippen molar-refractivity contribution in [3.05, 3.63) is 12.2 Å². The molecule has 2 aliphatic rings. The third kappa shape index (κ3) is 6.86. The van der Waals surface area contributed by atoms with E-state index in [9.17, 15) is 9.59 Å². The van der Waals surface area contributed by atoms with E-state index in [-0.39, 0.29) is 30.2 Å². The Bertz CT molecular complexity index is 579. The highest BCUT2D eigenvalue weighted by Crippen LogP contribution is 2.37. The lowest BCUT2D eigenvalue weighted by atomic mass is 9.75. The van der Waals surface area contributed by atoms with Crippen LogP contribution in [0.2, 0.25) is 0 Å². The maximum atomic E-state index is 12.6. The summed E-state index contributed by atoms with van der Waals surface area (Å²) in [5.74, 6) is 2.06. The van der Waals surface area contributed by atoms with Crippen molar-refractivity contribution in [2.24, 2.45) is 35.5 Å². The van der Waals surface area contributed by atoms with Crippen molar-refractivity contribution in [3.63, 3.8) is 0 Å². The van der Waals surface area contributed by atoms with Crippen LogP contribution in [0.4, 0.5) is 0 Å². The topological polar surface area (TPSA) is 52.6 Å². The first-order chi connectivity index (χ1) is 13.6. The van der Waals surface area contributed by atoms with E-state index in [1.165, 1.54) is 12.8 Å². The van der Waals surface area contributed by atoms with Crippen molar-refractivity contribution >= 4 is 11.9 Å². The number of carbonyl (C=O) groups is 2. The van der Waals surface area contributed by atoms with E-state index in [1.807, 2.05) is 0 Å². The molecular weight excluding hydrogens is 364 g/mol. The average Bonchev–Trinajstić information content (AvgIpc) is 2.61. The molecule has 6 atom stereocenters. The van der Waals surface area contributed by atoms with Crippen LogP contribution in [0.5, 0.6) is 0 Å². The molecule has 2 rings (SSSR count). The normalized spacial score (nSPS) is 32.8. The van der Waals surface area contributed by atoms with E-state index >= 15 is 0 Å². The molecule has 2 aliphatic carbocycles. The van der Waals surface area contributed by atoms with E-state index in [0.717, 1.165) is 25.7 Å². The van der Waals surface area contributed by atoms with Crippen LogP contribution in [0.15, 0.2) is 12.2 Å². The highest BCUT2D eigenvalue weighted by atomic mass is 16.6. The minimum absolute atomic E-state index is 0.0559. The van der Waals surface area contributed by atoms with Gasteiger partial charge in [0.2, 0.25) is 0 Å². The number of ether oxygens (including phenoxy) is 2. The van der Waals surface area contributed by atoms with Crippen LogP contribution in [0.25, 0.3) is 0 Å². The second-order valence-electron chi connectivity index (χ2n) is 10.4. The Labute approximate surface area is 177 Å². The minimum atomic E-state index is -0.441. The molecule has 4 nitrogen and oxygen atoms in total. The van der Waals surface area contributed by atoms with E-state index < -0.39 is 5.97 Å². The van der Waals surface area contributed by atoms with Crippen LogP contribution in [0.3, 0.4) is 0 Å². The van der Waals surface area contributed by atoms with Crippen molar-refractivity contribution in [1.29, 1.82) is 0 Å². The highest BCUT2D eigenvalue weighted by molar-refractivity contribution is 5.93. The molecule has 0 aromatic heterocycles. The third-order valence-corrected chi connectivity index (χ3v) is 7.11. The standard InChI is InChI=1S/C25H42O4/c1-15(2)20-10-8-17(5)12-22(20)28-24(26)14-19(7)25(27)29-23-13-18(6)9-11-21(23)16(3)4/h15-18,20-23H,7-14H2,1-6H3. The number of carbonyl (C=O) groups excluding carboxylic acids is 2. The first kappa shape index (κ1) is 24.0. The fourth-order valence-electron chi connectivity index (χ4n) is 5.18. The molecule has 0 heterocycles. The van der Waals surface area contributed by atoms with Gasteiger partial charge in [-0.1, -0.05) is 61.0 Å². The van der Waals surface area contributed by atoms with Gasteiger partial charge in [0.25, 0.3) is 0 Å². The molecule has 0 bridgehead atoms. The molecule has 0 aliphatic heterocycles. The quantitative estimate of drug-likeness (QED) is 0.388. The molecule has 2 saturated carbocycles. The summed E-state index contributed by atoms with van der Waals surface area (Å²) >= 11 is 0. The Hall–Kier alpha value is -1.32. The second-order valence-corrected chi connectivity index (χ2v) is 10.4.